The van der Waals surface area contributed by atoms with E-state index >= 15 is 0 Å². The van der Waals surface area contributed by atoms with Gasteiger partial charge in [-0.3, -0.25) is 20.4 Å². The molecule has 0 aliphatic rings. The number of halogens is 1. The first-order chi connectivity index (χ1) is 13.2. The summed E-state index contributed by atoms with van der Waals surface area (Å²) in [4.78, 5) is 24.0. The maximum absolute atomic E-state index is 12.0. The van der Waals surface area contributed by atoms with Gasteiger partial charge in [-0.2, -0.15) is 0 Å². The van der Waals surface area contributed by atoms with Gasteiger partial charge in [0.15, 0.2) is 6.61 Å². The third-order valence-corrected chi connectivity index (χ3v) is 4.47. The number of nitrogens with one attached hydrogen (secondary N) is 2. The molecule has 0 saturated carbocycles. The zero-order chi connectivity index (χ0) is 20.7. The van der Waals surface area contributed by atoms with Gasteiger partial charge in [-0.05, 0) is 41.3 Å². The Morgan fingerprint density at radius 2 is 1.64 bits per heavy atom. The Labute approximate surface area is 173 Å². The lowest BCUT2D eigenvalue weighted by Crippen LogP contribution is -2.44. The summed E-state index contributed by atoms with van der Waals surface area (Å²) in [6.45, 7) is 6.01. The van der Waals surface area contributed by atoms with Crippen LogP contribution in [0.2, 0.25) is 0 Å². The molecule has 0 aromatic heterocycles. The summed E-state index contributed by atoms with van der Waals surface area (Å²) >= 11 is 3.46. The molecule has 0 atom stereocenters. The van der Waals surface area contributed by atoms with Crippen LogP contribution in [0.3, 0.4) is 0 Å². The van der Waals surface area contributed by atoms with E-state index in [4.69, 9.17) is 9.47 Å². The van der Waals surface area contributed by atoms with Gasteiger partial charge in [0, 0.05) is 10.0 Å². The molecule has 0 unspecified atom stereocenters. The molecule has 0 radical (unpaired) electrons. The number of hydrogen-bond donors (Lipinski definition) is 2. The molecule has 0 fully saturated rings. The van der Waals surface area contributed by atoms with E-state index in [0.29, 0.717) is 5.75 Å². The van der Waals surface area contributed by atoms with Gasteiger partial charge in [0.2, 0.25) is 5.91 Å². The molecular weight excluding hydrogens is 424 g/mol. The lowest BCUT2D eigenvalue weighted by Gasteiger charge is -2.23. The van der Waals surface area contributed by atoms with Crippen molar-refractivity contribution in [3.63, 3.8) is 0 Å². The van der Waals surface area contributed by atoms with E-state index in [1.807, 2.05) is 18.2 Å². The Hall–Kier alpha value is -2.54. The maximum atomic E-state index is 12.0. The lowest BCUT2D eigenvalue weighted by molar-refractivity contribution is -0.129. The summed E-state index contributed by atoms with van der Waals surface area (Å²) < 4.78 is 11.7. The number of methoxy groups -OCH3 is 1. The van der Waals surface area contributed by atoms with Gasteiger partial charge in [-0.25, -0.2) is 0 Å². The number of carbonyl (C=O) groups excluding carboxylic acids is 2. The zero-order valence-corrected chi connectivity index (χ0v) is 18.1. The van der Waals surface area contributed by atoms with Crippen LogP contribution in [0.1, 0.15) is 31.9 Å². The summed E-state index contributed by atoms with van der Waals surface area (Å²) in [6.07, 6.45) is 0.145. The molecule has 6 nitrogen and oxygen atoms in total. The van der Waals surface area contributed by atoms with Crippen LogP contribution in [0, 0.1) is 0 Å². The maximum Gasteiger partial charge on any atom is 0.276 e. The molecule has 0 aliphatic heterocycles. The van der Waals surface area contributed by atoms with E-state index < -0.39 is 5.91 Å². The van der Waals surface area contributed by atoms with Gasteiger partial charge in [0.1, 0.15) is 11.5 Å². The molecule has 2 N–H and O–H groups in total. The summed E-state index contributed by atoms with van der Waals surface area (Å²) in [5.74, 6) is 0.594. The molecule has 2 aromatic rings. The predicted molar refractivity (Wildman–Crippen MR) is 111 cm³/mol. The van der Waals surface area contributed by atoms with Crippen LogP contribution in [-0.2, 0) is 21.4 Å². The highest BCUT2D eigenvalue weighted by atomic mass is 79.9. The van der Waals surface area contributed by atoms with Crippen LogP contribution in [-0.4, -0.2) is 25.5 Å². The van der Waals surface area contributed by atoms with E-state index in [0.717, 1.165) is 21.3 Å². The number of benzene rings is 2. The van der Waals surface area contributed by atoms with Crippen molar-refractivity contribution in [2.24, 2.45) is 0 Å². The SMILES string of the molecule is COc1ccc(CC(=O)NNC(=O)COc2ccc(Br)cc2C(C)(C)C)cc1. The van der Waals surface area contributed by atoms with Crippen molar-refractivity contribution in [1.82, 2.24) is 10.9 Å². The Bertz CT molecular complexity index is 829. The standard InChI is InChI=1S/C21H25BrN2O4/c1-21(2,3)17-12-15(22)7-10-18(17)28-13-20(26)24-23-19(25)11-14-5-8-16(27-4)9-6-14/h5-10,12H,11,13H2,1-4H3,(H,23,25)(H,24,26). The largest absolute Gasteiger partial charge is 0.497 e. The van der Waals surface area contributed by atoms with E-state index in [2.05, 4.69) is 47.6 Å². The topological polar surface area (TPSA) is 76.7 Å². The van der Waals surface area contributed by atoms with Crippen molar-refractivity contribution in [1.29, 1.82) is 0 Å². The Kier molecular flexibility index (Phi) is 7.45. The highest BCUT2D eigenvalue weighted by Crippen LogP contribution is 2.33. The molecule has 0 aliphatic carbocycles. The average molecular weight is 449 g/mol. The summed E-state index contributed by atoms with van der Waals surface area (Å²) in [6, 6.07) is 12.8. The van der Waals surface area contributed by atoms with E-state index in [1.54, 1.807) is 31.4 Å². The van der Waals surface area contributed by atoms with Gasteiger partial charge in [0.25, 0.3) is 5.91 Å². The van der Waals surface area contributed by atoms with Gasteiger partial charge in [-0.15, -0.1) is 0 Å². The molecule has 0 bridgehead atoms. The van der Waals surface area contributed by atoms with Crippen molar-refractivity contribution >= 4 is 27.7 Å². The third kappa shape index (κ3) is 6.56. The van der Waals surface area contributed by atoms with Gasteiger partial charge < -0.3 is 9.47 Å². The van der Waals surface area contributed by atoms with Gasteiger partial charge in [-0.1, -0.05) is 48.8 Å². The van der Waals surface area contributed by atoms with Crippen molar-refractivity contribution in [3.8, 4) is 11.5 Å². The first-order valence-corrected chi connectivity index (χ1v) is 9.62. The number of ether oxygens (including phenoxy) is 2. The number of carbonyl (C=O) groups is 2. The molecule has 2 amide bonds. The quantitative estimate of drug-likeness (QED) is 0.662. The van der Waals surface area contributed by atoms with Crippen LogP contribution in [0.25, 0.3) is 0 Å². The van der Waals surface area contributed by atoms with Crippen molar-refractivity contribution in [3.05, 3.63) is 58.1 Å². The number of amides is 2. The van der Waals surface area contributed by atoms with Crippen molar-refractivity contribution < 1.29 is 19.1 Å². The monoisotopic (exact) mass is 448 g/mol. The second-order valence-electron chi connectivity index (χ2n) is 7.30. The van der Waals surface area contributed by atoms with Gasteiger partial charge in [0.05, 0.1) is 13.5 Å². The number of rotatable bonds is 6. The van der Waals surface area contributed by atoms with Crippen LogP contribution < -0.4 is 20.3 Å². The average Bonchev–Trinajstić information content (AvgIpc) is 2.65. The molecule has 0 heterocycles. The lowest BCUT2D eigenvalue weighted by atomic mass is 9.86. The minimum absolute atomic E-state index is 0.137. The van der Waals surface area contributed by atoms with Crippen LogP contribution in [0.15, 0.2) is 46.9 Å². The van der Waals surface area contributed by atoms with E-state index in [9.17, 15) is 9.59 Å². The second kappa shape index (κ2) is 9.59. The third-order valence-electron chi connectivity index (χ3n) is 3.97. The minimum atomic E-state index is -0.439. The molecule has 2 rings (SSSR count). The summed E-state index contributed by atoms with van der Waals surface area (Å²) in [5.41, 5.74) is 6.42. The Morgan fingerprint density at radius 1 is 1.00 bits per heavy atom. The van der Waals surface area contributed by atoms with E-state index in [1.165, 1.54) is 0 Å². The Balaban J connectivity index is 1.83. The van der Waals surface area contributed by atoms with E-state index in [-0.39, 0.29) is 24.3 Å². The normalized spacial score (nSPS) is 10.9. The molecule has 7 heteroatoms. The molecule has 28 heavy (non-hydrogen) atoms. The smallest absolute Gasteiger partial charge is 0.276 e. The second-order valence-corrected chi connectivity index (χ2v) is 8.22. The number of hydrazine groups is 1. The highest BCUT2D eigenvalue weighted by Gasteiger charge is 2.20. The highest BCUT2D eigenvalue weighted by molar-refractivity contribution is 9.10. The molecule has 2 aromatic carbocycles. The Morgan fingerprint density at radius 3 is 2.25 bits per heavy atom. The number of hydrogen-bond acceptors (Lipinski definition) is 4. The van der Waals surface area contributed by atoms with Crippen LogP contribution in [0.4, 0.5) is 0 Å². The van der Waals surface area contributed by atoms with Crippen molar-refractivity contribution in [2.75, 3.05) is 13.7 Å². The predicted octanol–water partition coefficient (Wildman–Crippen LogP) is 3.52. The molecule has 150 valence electrons. The van der Waals surface area contributed by atoms with Crippen LogP contribution in [0.5, 0.6) is 11.5 Å². The minimum Gasteiger partial charge on any atom is -0.497 e. The summed E-state index contributed by atoms with van der Waals surface area (Å²) in [5, 5.41) is 0. The van der Waals surface area contributed by atoms with Gasteiger partial charge >= 0.3 is 0 Å². The molecular formula is C21H25BrN2O4. The summed E-state index contributed by atoms with van der Waals surface area (Å²) in [7, 11) is 1.58. The molecule has 0 saturated heterocycles. The fraction of sp³-hybridized carbons (Fsp3) is 0.333. The van der Waals surface area contributed by atoms with Crippen LogP contribution >= 0.6 is 15.9 Å². The first-order valence-electron chi connectivity index (χ1n) is 8.82. The van der Waals surface area contributed by atoms with Crippen molar-refractivity contribution in [2.45, 2.75) is 32.6 Å². The first kappa shape index (κ1) is 21.8. The fourth-order valence-electron chi connectivity index (χ4n) is 2.51. The fourth-order valence-corrected chi connectivity index (χ4v) is 2.87. The molecule has 0 spiro atoms. The zero-order valence-electron chi connectivity index (χ0n) is 16.5.